The van der Waals surface area contributed by atoms with Crippen LogP contribution in [0.2, 0.25) is 0 Å². The maximum Gasteiger partial charge on any atom is 0.268 e. The van der Waals surface area contributed by atoms with Gasteiger partial charge in [0.15, 0.2) is 5.72 Å². The lowest BCUT2D eigenvalue weighted by molar-refractivity contribution is -0.0201. The van der Waals surface area contributed by atoms with Crippen molar-refractivity contribution in [1.82, 2.24) is 9.36 Å². The van der Waals surface area contributed by atoms with Crippen LogP contribution < -0.4 is 11.1 Å². The van der Waals surface area contributed by atoms with Crippen LogP contribution in [0.1, 0.15) is 13.3 Å². The molecule has 0 saturated heterocycles. The lowest BCUT2D eigenvalue weighted by Gasteiger charge is -2.18. The number of nitrogens with zero attached hydrogens (tertiary/aromatic N) is 2. The number of hydrogen-bond acceptors (Lipinski definition) is 3. The molecule has 0 aliphatic carbocycles. The highest BCUT2D eigenvalue weighted by molar-refractivity contribution is 4.93. The Kier molecular flexibility index (Phi) is 1.47. The third-order valence-electron chi connectivity index (χ3n) is 2.33. The Morgan fingerprint density at radius 3 is 2.62 bits per heavy atom. The molecule has 2 rings (SSSR count). The monoisotopic (exact) mass is 182 g/mol. The number of fused-ring (bicyclic) bond motifs is 1. The predicted octanol–water partition coefficient (Wildman–Crippen LogP) is -0.921. The Morgan fingerprint density at radius 1 is 1.38 bits per heavy atom. The smallest absolute Gasteiger partial charge is 0.268 e. The highest BCUT2D eigenvalue weighted by Crippen LogP contribution is 2.19. The van der Waals surface area contributed by atoms with Crippen LogP contribution in [-0.4, -0.2) is 14.5 Å². The third kappa shape index (κ3) is 1.04. The molecule has 0 amide bonds. The van der Waals surface area contributed by atoms with Gasteiger partial charge >= 0.3 is 0 Å². The molecule has 0 aromatic carbocycles. The second-order valence-corrected chi connectivity index (χ2v) is 3.41. The average molecular weight is 182 g/mol. The zero-order valence-corrected chi connectivity index (χ0v) is 7.23. The van der Waals surface area contributed by atoms with Gasteiger partial charge in [0, 0.05) is 25.1 Å². The molecule has 0 saturated carbocycles. The summed E-state index contributed by atoms with van der Waals surface area (Å²) in [5.41, 5.74) is -1.82. The van der Waals surface area contributed by atoms with Crippen molar-refractivity contribution in [3.8, 4) is 0 Å². The van der Waals surface area contributed by atoms with Crippen molar-refractivity contribution in [1.29, 1.82) is 0 Å². The second kappa shape index (κ2) is 2.32. The maximum atomic E-state index is 11.3. The highest BCUT2D eigenvalue weighted by Gasteiger charge is 2.32. The van der Waals surface area contributed by atoms with Crippen LogP contribution in [0.15, 0.2) is 21.7 Å². The number of aliphatic hydroxyl groups is 1. The van der Waals surface area contributed by atoms with Gasteiger partial charge in [-0.2, -0.15) is 0 Å². The molecule has 0 radical (unpaired) electrons. The molecule has 0 fully saturated rings. The summed E-state index contributed by atoms with van der Waals surface area (Å²) < 4.78 is 2.37. The van der Waals surface area contributed by atoms with E-state index in [4.69, 9.17) is 0 Å². The van der Waals surface area contributed by atoms with Crippen LogP contribution in [0.4, 0.5) is 0 Å². The Balaban J connectivity index is 2.85. The molecule has 1 aliphatic heterocycles. The van der Waals surface area contributed by atoms with Gasteiger partial charge in [0.2, 0.25) is 0 Å². The molecule has 0 spiro atoms. The van der Waals surface area contributed by atoms with E-state index in [9.17, 15) is 14.7 Å². The van der Waals surface area contributed by atoms with Crippen LogP contribution in [0.25, 0.3) is 0 Å². The fourth-order valence-electron chi connectivity index (χ4n) is 1.65. The molecule has 5 heteroatoms. The predicted molar refractivity (Wildman–Crippen MR) is 45.4 cm³/mol. The standard InChI is InChI=1S/C8H10N2O3/c1-8(13)4-5-9-6(11)2-3-7(12)10(8)9/h2-3,13H,4-5H2,1H3. The van der Waals surface area contributed by atoms with Crippen molar-refractivity contribution < 1.29 is 5.11 Å². The summed E-state index contributed by atoms with van der Waals surface area (Å²) in [4.78, 5) is 22.6. The van der Waals surface area contributed by atoms with Gasteiger partial charge in [-0.25, -0.2) is 9.36 Å². The quantitative estimate of drug-likeness (QED) is 0.564. The fraction of sp³-hybridized carbons (Fsp3) is 0.500. The summed E-state index contributed by atoms with van der Waals surface area (Å²) >= 11 is 0. The second-order valence-electron chi connectivity index (χ2n) is 3.41. The van der Waals surface area contributed by atoms with Crippen molar-refractivity contribution in [2.24, 2.45) is 0 Å². The largest absolute Gasteiger partial charge is 0.369 e. The summed E-state index contributed by atoms with van der Waals surface area (Å²) in [6, 6.07) is 2.40. The minimum absolute atomic E-state index is 0.252. The average Bonchev–Trinajstić information content (AvgIpc) is 2.36. The zero-order chi connectivity index (χ0) is 9.64. The van der Waals surface area contributed by atoms with Crippen molar-refractivity contribution in [3.05, 3.63) is 32.8 Å². The highest BCUT2D eigenvalue weighted by atomic mass is 16.3. The molecule has 0 bridgehead atoms. The SMILES string of the molecule is CC1(O)CCn2c(=O)ccc(=O)n21. The molecule has 1 aromatic heterocycles. The fourth-order valence-corrected chi connectivity index (χ4v) is 1.65. The van der Waals surface area contributed by atoms with Gasteiger partial charge in [0.25, 0.3) is 11.1 Å². The third-order valence-corrected chi connectivity index (χ3v) is 2.33. The van der Waals surface area contributed by atoms with E-state index < -0.39 is 5.72 Å². The number of rotatable bonds is 0. The van der Waals surface area contributed by atoms with E-state index in [1.807, 2.05) is 0 Å². The molecular weight excluding hydrogens is 172 g/mol. The van der Waals surface area contributed by atoms with E-state index in [2.05, 4.69) is 0 Å². The molecule has 13 heavy (non-hydrogen) atoms. The van der Waals surface area contributed by atoms with E-state index >= 15 is 0 Å². The van der Waals surface area contributed by atoms with Gasteiger partial charge in [-0.3, -0.25) is 9.59 Å². The summed E-state index contributed by atoms with van der Waals surface area (Å²) in [5, 5.41) is 9.76. The summed E-state index contributed by atoms with van der Waals surface area (Å²) in [6.45, 7) is 1.92. The molecule has 5 nitrogen and oxygen atoms in total. The normalized spacial score (nSPS) is 26.0. The van der Waals surface area contributed by atoms with Crippen LogP contribution in [0.5, 0.6) is 0 Å². The number of hydrogen-bond donors (Lipinski definition) is 1. The minimum atomic E-state index is -1.22. The summed E-state index contributed by atoms with van der Waals surface area (Å²) in [5.74, 6) is 0. The molecule has 1 atom stereocenters. The van der Waals surface area contributed by atoms with Crippen molar-refractivity contribution in [2.75, 3.05) is 0 Å². The Hall–Kier alpha value is -1.36. The summed E-state index contributed by atoms with van der Waals surface area (Å²) in [6.07, 6.45) is 0.395. The van der Waals surface area contributed by atoms with E-state index in [1.54, 1.807) is 0 Å². The molecule has 1 unspecified atom stereocenters. The van der Waals surface area contributed by atoms with Gasteiger partial charge in [-0.05, 0) is 6.92 Å². The van der Waals surface area contributed by atoms with Crippen molar-refractivity contribution >= 4 is 0 Å². The Bertz CT molecular complexity index is 455. The molecule has 70 valence electrons. The minimum Gasteiger partial charge on any atom is -0.369 e. The first kappa shape index (κ1) is 8.25. The first-order chi connectivity index (χ1) is 6.02. The van der Waals surface area contributed by atoms with Gasteiger partial charge in [-0.15, -0.1) is 0 Å². The van der Waals surface area contributed by atoms with Gasteiger partial charge in [-0.1, -0.05) is 0 Å². The van der Waals surface area contributed by atoms with Crippen LogP contribution >= 0.6 is 0 Å². The van der Waals surface area contributed by atoms with Crippen LogP contribution in [0.3, 0.4) is 0 Å². The lowest BCUT2D eigenvalue weighted by atomic mass is 10.2. The Morgan fingerprint density at radius 2 is 2.00 bits per heavy atom. The Labute approximate surface area is 73.8 Å². The van der Waals surface area contributed by atoms with Crippen molar-refractivity contribution in [2.45, 2.75) is 25.6 Å². The van der Waals surface area contributed by atoms with Crippen molar-refractivity contribution in [3.63, 3.8) is 0 Å². The molecular formula is C8H10N2O3. The zero-order valence-electron chi connectivity index (χ0n) is 7.23. The molecule has 2 heterocycles. The molecule has 1 aromatic rings. The number of aromatic nitrogens is 2. The van der Waals surface area contributed by atoms with E-state index in [0.717, 1.165) is 4.68 Å². The van der Waals surface area contributed by atoms with E-state index in [1.165, 1.54) is 23.7 Å². The van der Waals surface area contributed by atoms with Gasteiger partial charge in [0.05, 0.1) is 0 Å². The first-order valence-electron chi connectivity index (χ1n) is 4.08. The first-order valence-corrected chi connectivity index (χ1v) is 4.08. The molecule has 1 N–H and O–H groups in total. The van der Waals surface area contributed by atoms with E-state index in [-0.39, 0.29) is 11.1 Å². The lowest BCUT2D eigenvalue weighted by Crippen LogP contribution is -2.41. The van der Waals surface area contributed by atoms with Gasteiger partial charge < -0.3 is 5.11 Å². The van der Waals surface area contributed by atoms with Crippen LogP contribution in [-0.2, 0) is 12.3 Å². The van der Waals surface area contributed by atoms with Gasteiger partial charge in [0.1, 0.15) is 0 Å². The van der Waals surface area contributed by atoms with Crippen LogP contribution in [0, 0.1) is 0 Å². The maximum absolute atomic E-state index is 11.3. The van der Waals surface area contributed by atoms with E-state index in [0.29, 0.717) is 13.0 Å². The topological polar surface area (TPSA) is 64.2 Å². The summed E-state index contributed by atoms with van der Waals surface area (Å²) in [7, 11) is 0. The molecule has 1 aliphatic rings.